The number of carbonyl (C=O) groups is 1. The van der Waals surface area contributed by atoms with Gasteiger partial charge in [0.25, 0.3) is 0 Å². The molecular formula is C14H16N2O3. The van der Waals surface area contributed by atoms with E-state index in [2.05, 4.69) is 6.07 Å². The number of carboxylic acid groups (broad SMARTS) is 1. The highest BCUT2D eigenvalue weighted by atomic mass is 16.5. The van der Waals surface area contributed by atoms with Gasteiger partial charge in [0.2, 0.25) is 0 Å². The molecule has 0 aliphatic carbocycles. The number of hydrogen-bond acceptors (Lipinski definition) is 4. The number of nitrogens with zero attached hydrogens (tertiary/aromatic N) is 2. The monoisotopic (exact) mass is 260 g/mol. The molecule has 1 heterocycles. The molecule has 1 aliphatic rings. The summed E-state index contributed by atoms with van der Waals surface area (Å²) in [5, 5.41) is 18.4. The Bertz CT molecular complexity index is 536. The second-order valence-corrected chi connectivity index (χ2v) is 4.79. The van der Waals surface area contributed by atoms with Crippen LogP contribution in [-0.4, -0.2) is 37.4 Å². The van der Waals surface area contributed by atoms with Gasteiger partial charge in [-0.1, -0.05) is 6.07 Å². The Morgan fingerprint density at radius 3 is 2.89 bits per heavy atom. The molecule has 5 nitrogen and oxygen atoms in total. The number of aliphatic carboxylic acids is 1. The maximum atomic E-state index is 11.2. The highest BCUT2D eigenvalue weighted by Crippen LogP contribution is 2.27. The molecule has 5 heteroatoms. The number of rotatable bonds is 3. The van der Waals surface area contributed by atoms with E-state index in [0.717, 1.165) is 11.3 Å². The van der Waals surface area contributed by atoms with Crippen LogP contribution in [0.4, 0.5) is 5.69 Å². The van der Waals surface area contributed by atoms with Gasteiger partial charge in [0.05, 0.1) is 30.5 Å². The zero-order valence-corrected chi connectivity index (χ0v) is 11.0. The van der Waals surface area contributed by atoms with Gasteiger partial charge >= 0.3 is 5.97 Å². The maximum absolute atomic E-state index is 11.2. The Kier molecular flexibility index (Phi) is 3.72. The molecule has 1 aromatic carbocycles. The van der Waals surface area contributed by atoms with Crippen molar-refractivity contribution in [2.75, 3.05) is 25.2 Å². The first-order valence-electron chi connectivity index (χ1n) is 6.08. The van der Waals surface area contributed by atoms with Crippen molar-refractivity contribution in [2.45, 2.75) is 13.0 Å². The zero-order valence-electron chi connectivity index (χ0n) is 11.0. The van der Waals surface area contributed by atoms with Gasteiger partial charge in [-0.05, 0) is 24.6 Å². The van der Waals surface area contributed by atoms with Crippen LogP contribution in [0.15, 0.2) is 18.2 Å². The molecule has 2 atom stereocenters. The largest absolute Gasteiger partial charge is 0.481 e. The van der Waals surface area contributed by atoms with Crippen molar-refractivity contribution >= 4 is 11.7 Å². The van der Waals surface area contributed by atoms with Crippen LogP contribution in [0.25, 0.3) is 0 Å². The van der Waals surface area contributed by atoms with Crippen molar-refractivity contribution in [3.05, 3.63) is 29.3 Å². The Morgan fingerprint density at radius 2 is 2.26 bits per heavy atom. The topological polar surface area (TPSA) is 73.6 Å². The number of ether oxygens (including phenoxy) is 1. The first-order valence-corrected chi connectivity index (χ1v) is 6.08. The lowest BCUT2D eigenvalue weighted by Gasteiger charge is -2.29. The molecule has 0 bridgehead atoms. The molecule has 1 aliphatic heterocycles. The number of nitriles is 1. The van der Waals surface area contributed by atoms with Crippen LogP contribution in [0.2, 0.25) is 0 Å². The Hall–Kier alpha value is -2.06. The van der Waals surface area contributed by atoms with Crippen LogP contribution in [0.1, 0.15) is 11.1 Å². The van der Waals surface area contributed by atoms with Crippen molar-refractivity contribution in [1.29, 1.82) is 5.26 Å². The molecule has 1 N–H and O–H groups in total. The molecule has 0 radical (unpaired) electrons. The summed E-state index contributed by atoms with van der Waals surface area (Å²) in [7, 11) is 1.81. The number of hydrogen-bond donors (Lipinski definition) is 1. The van der Waals surface area contributed by atoms with Crippen molar-refractivity contribution in [2.24, 2.45) is 5.92 Å². The number of carboxylic acids is 1. The Labute approximate surface area is 112 Å². The van der Waals surface area contributed by atoms with E-state index in [9.17, 15) is 15.2 Å². The van der Waals surface area contributed by atoms with E-state index in [0.29, 0.717) is 12.2 Å². The average Bonchev–Trinajstić information content (AvgIpc) is 2.87. The van der Waals surface area contributed by atoms with Crippen molar-refractivity contribution in [3.8, 4) is 6.07 Å². The van der Waals surface area contributed by atoms with E-state index in [1.54, 1.807) is 13.1 Å². The van der Waals surface area contributed by atoms with Crippen LogP contribution >= 0.6 is 0 Å². The lowest BCUT2D eigenvalue weighted by molar-refractivity contribution is -0.141. The van der Waals surface area contributed by atoms with E-state index in [1.165, 1.54) is 0 Å². The van der Waals surface area contributed by atoms with Gasteiger partial charge in [-0.3, -0.25) is 4.79 Å². The minimum Gasteiger partial charge on any atom is -0.481 e. The van der Waals surface area contributed by atoms with Crippen molar-refractivity contribution in [1.82, 2.24) is 0 Å². The van der Waals surface area contributed by atoms with Gasteiger partial charge in [-0.15, -0.1) is 0 Å². The van der Waals surface area contributed by atoms with E-state index in [1.807, 2.05) is 24.0 Å². The summed E-state index contributed by atoms with van der Waals surface area (Å²) < 4.78 is 5.27. The lowest BCUT2D eigenvalue weighted by atomic mass is 10.0. The molecule has 0 amide bonds. The summed E-state index contributed by atoms with van der Waals surface area (Å²) in [6.45, 7) is 2.51. The third-order valence-electron chi connectivity index (χ3n) is 3.52. The highest BCUT2D eigenvalue weighted by molar-refractivity contribution is 5.73. The third-order valence-corrected chi connectivity index (χ3v) is 3.52. The molecule has 2 rings (SSSR count). The van der Waals surface area contributed by atoms with Gasteiger partial charge in [0.1, 0.15) is 12.0 Å². The molecule has 19 heavy (non-hydrogen) atoms. The SMILES string of the molecule is Cc1ccc(N(C)C2COCC2C(=O)O)c(C#N)c1. The first-order chi connectivity index (χ1) is 9.04. The average molecular weight is 260 g/mol. The van der Waals surface area contributed by atoms with E-state index in [-0.39, 0.29) is 12.6 Å². The van der Waals surface area contributed by atoms with Crippen LogP contribution in [0.5, 0.6) is 0 Å². The van der Waals surface area contributed by atoms with Gasteiger partial charge in [0.15, 0.2) is 0 Å². The quantitative estimate of drug-likeness (QED) is 0.889. The first kappa shape index (κ1) is 13.4. The standard InChI is InChI=1S/C14H16N2O3/c1-9-3-4-12(10(5-9)6-15)16(2)13-8-19-7-11(13)14(17)18/h3-5,11,13H,7-8H2,1-2H3,(H,17,18). The second kappa shape index (κ2) is 5.29. The minimum atomic E-state index is -0.861. The van der Waals surface area contributed by atoms with E-state index >= 15 is 0 Å². The fourth-order valence-corrected chi connectivity index (χ4v) is 2.39. The number of benzene rings is 1. The van der Waals surface area contributed by atoms with E-state index < -0.39 is 11.9 Å². The maximum Gasteiger partial charge on any atom is 0.311 e. The van der Waals surface area contributed by atoms with Crippen LogP contribution in [0, 0.1) is 24.2 Å². The summed E-state index contributed by atoms with van der Waals surface area (Å²) in [4.78, 5) is 13.0. The second-order valence-electron chi connectivity index (χ2n) is 4.79. The summed E-state index contributed by atoms with van der Waals surface area (Å²) in [5.74, 6) is -1.42. The summed E-state index contributed by atoms with van der Waals surface area (Å²) in [6, 6.07) is 7.48. The van der Waals surface area contributed by atoms with E-state index in [4.69, 9.17) is 4.74 Å². The number of anilines is 1. The molecule has 0 saturated carbocycles. The number of likely N-dealkylation sites (N-methyl/N-ethyl adjacent to an activating group) is 1. The summed E-state index contributed by atoms with van der Waals surface area (Å²) in [5.41, 5.74) is 2.31. The number of aryl methyl sites for hydroxylation is 1. The molecule has 100 valence electrons. The Morgan fingerprint density at radius 1 is 1.53 bits per heavy atom. The summed E-state index contributed by atoms with van der Waals surface area (Å²) >= 11 is 0. The van der Waals surface area contributed by atoms with Crippen molar-refractivity contribution < 1.29 is 14.6 Å². The van der Waals surface area contributed by atoms with Crippen molar-refractivity contribution in [3.63, 3.8) is 0 Å². The Balaban J connectivity index is 2.32. The van der Waals surface area contributed by atoms with Gasteiger partial charge < -0.3 is 14.7 Å². The smallest absolute Gasteiger partial charge is 0.311 e. The summed E-state index contributed by atoms with van der Waals surface area (Å²) in [6.07, 6.45) is 0. The molecule has 2 unspecified atom stereocenters. The van der Waals surface area contributed by atoms with Crippen LogP contribution in [0.3, 0.4) is 0 Å². The molecule has 1 saturated heterocycles. The molecule has 0 aromatic heterocycles. The fourth-order valence-electron chi connectivity index (χ4n) is 2.39. The molecule has 1 aromatic rings. The minimum absolute atomic E-state index is 0.220. The predicted octanol–water partition coefficient (Wildman–Crippen LogP) is 1.40. The fraction of sp³-hybridized carbons (Fsp3) is 0.429. The highest BCUT2D eigenvalue weighted by Gasteiger charge is 2.37. The van der Waals surface area contributed by atoms with Crippen LogP contribution < -0.4 is 4.90 Å². The van der Waals surface area contributed by atoms with Gasteiger partial charge in [-0.2, -0.15) is 5.26 Å². The normalized spacial score (nSPS) is 21.9. The molecular weight excluding hydrogens is 244 g/mol. The molecule has 1 fully saturated rings. The lowest BCUT2D eigenvalue weighted by Crippen LogP contribution is -2.41. The predicted molar refractivity (Wildman–Crippen MR) is 70.0 cm³/mol. The zero-order chi connectivity index (χ0) is 14.0. The van der Waals surface area contributed by atoms with Gasteiger partial charge in [-0.25, -0.2) is 0 Å². The third kappa shape index (κ3) is 2.54. The van der Waals surface area contributed by atoms with Gasteiger partial charge in [0, 0.05) is 7.05 Å². The van der Waals surface area contributed by atoms with Crippen LogP contribution in [-0.2, 0) is 9.53 Å². The molecule has 0 spiro atoms.